The van der Waals surface area contributed by atoms with Crippen molar-refractivity contribution in [3.05, 3.63) is 59.2 Å². The second kappa shape index (κ2) is 4.97. The zero-order valence-corrected chi connectivity index (χ0v) is 10.7. The van der Waals surface area contributed by atoms with E-state index in [-0.39, 0.29) is 17.9 Å². The molecule has 0 atom stereocenters. The van der Waals surface area contributed by atoms with Gasteiger partial charge >= 0.3 is 0 Å². The lowest BCUT2D eigenvalue weighted by molar-refractivity contribution is -0.115. The fourth-order valence-electron chi connectivity index (χ4n) is 2.18. The highest BCUT2D eigenvalue weighted by Gasteiger charge is 2.18. The Morgan fingerprint density at radius 2 is 1.95 bits per heavy atom. The van der Waals surface area contributed by atoms with Gasteiger partial charge in [-0.15, -0.1) is 0 Å². The zero-order valence-electron chi connectivity index (χ0n) is 10.7. The maximum atomic E-state index is 13.5. The lowest BCUT2D eigenvalue weighted by atomic mass is 10.1. The molecule has 3 rings (SSSR count). The van der Waals surface area contributed by atoms with Crippen molar-refractivity contribution in [2.75, 3.05) is 10.6 Å². The molecular weight excluding hydrogens is 278 g/mol. The van der Waals surface area contributed by atoms with Crippen LogP contribution in [0.3, 0.4) is 0 Å². The number of carbonyl (C=O) groups excluding carboxylic acids is 2. The van der Waals surface area contributed by atoms with Crippen LogP contribution in [0.2, 0.25) is 0 Å². The number of benzene rings is 2. The maximum absolute atomic E-state index is 13.5. The molecule has 0 saturated carbocycles. The number of anilines is 2. The summed E-state index contributed by atoms with van der Waals surface area (Å²) < 4.78 is 26.3. The average Bonchev–Trinajstić information content (AvgIpc) is 2.77. The van der Waals surface area contributed by atoms with Crippen molar-refractivity contribution in [3.63, 3.8) is 0 Å². The Kier molecular flexibility index (Phi) is 3.13. The van der Waals surface area contributed by atoms with Gasteiger partial charge in [0.25, 0.3) is 5.91 Å². The minimum absolute atomic E-state index is 0.113. The average molecular weight is 288 g/mol. The lowest BCUT2D eigenvalue weighted by Gasteiger charge is -2.07. The van der Waals surface area contributed by atoms with Crippen molar-refractivity contribution >= 4 is 23.2 Å². The molecule has 0 saturated heterocycles. The van der Waals surface area contributed by atoms with E-state index in [0.717, 1.165) is 17.7 Å². The van der Waals surface area contributed by atoms with Crippen LogP contribution in [0, 0.1) is 11.6 Å². The first-order valence-electron chi connectivity index (χ1n) is 6.22. The van der Waals surface area contributed by atoms with Gasteiger partial charge in [0.1, 0.15) is 11.6 Å². The number of halogens is 2. The summed E-state index contributed by atoms with van der Waals surface area (Å²) >= 11 is 0. The topological polar surface area (TPSA) is 58.2 Å². The van der Waals surface area contributed by atoms with Crippen molar-refractivity contribution in [3.8, 4) is 0 Å². The molecule has 0 unspecified atom stereocenters. The van der Waals surface area contributed by atoms with Crippen LogP contribution in [0.4, 0.5) is 20.2 Å². The molecule has 2 aromatic rings. The molecular formula is C15H10F2N2O2. The van der Waals surface area contributed by atoms with E-state index in [0.29, 0.717) is 17.4 Å². The van der Waals surface area contributed by atoms with Crippen molar-refractivity contribution < 1.29 is 18.4 Å². The molecule has 0 spiro atoms. The van der Waals surface area contributed by atoms with Crippen molar-refractivity contribution in [1.29, 1.82) is 0 Å². The van der Waals surface area contributed by atoms with Crippen LogP contribution >= 0.6 is 0 Å². The van der Waals surface area contributed by atoms with Crippen molar-refractivity contribution in [2.45, 2.75) is 6.42 Å². The minimum Gasteiger partial charge on any atom is -0.326 e. The summed E-state index contributed by atoms with van der Waals surface area (Å²) in [5, 5.41) is 5.19. The molecule has 106 valence electrons. The SMILES string of the molecule is O=C1Cc2cc(NC(=O)c3ccc(F)cc3F)ccc2N1. The molecule has 6 heteroatoms. The Labute approximate surface area is 118 Å². The Balaban J connectivity index is 1.82. The summed E-state index contributed by atoms with van der Waals surface area (Å²) in [6.07, 6.45) is 0.240. The molecule has 1 aliphatic heterocycles. The predicted octanol–water partition coefficient (Wildman–Crippen LogP) is 2.71. The van der Waals surface area contributed by atoms with Crippen LogP contribution in [0.5, 0.6) is 0 Å². The van der Waals surface area contributed by atoms with Crippen LogP contribution < -0.4 is 10.6 Å². The van der Waals surface area contributed by atoms with Gasteiger partial charge in [-0.3, -0.25) is 9.59 Å². The van der Waals surface area contributed by atoms with Crippen molar-refractivity contribution in [1.82, 2.24) is 0 Å². The van der Waals surface area contributed by atoms with E-state index >= 15 is 0 Å². The summed E-state index contributed by atoms with van der Waals surface area (Å²) in [6.45, 7) is 0. The Hall–Kier alpha value is -2.76. The molecule has 2 N–H and O–H groups in total. The van der Waals surface area contributed by atoms with Gasteiger partial charge in [-0.05, 0) is 35.9 Å². The van der Waals surface area contributed by atoms with Crippen LogP contribution in [0.25, 0.3) is 0 Å². The van der Waals surface area contributed by atoms with Crippen LogP contribution in [0.1, 0.15) is 15.9 Å². The molecule has 21 heavy (non-hydrogen) atoms. The first-order chi connectivity index (χ1) is 10.0. The van der Waals surface area contributed by atoms with E-state index in [1.54, 1.807) is 18.2 Å². The maximum Gasteiger partial charge on any atom is 0.258 e. The Morgan fingerprint density at radius 3 is 2.71 bits per heavy atom. The summed E-state index contributed by atoms with van der Waals surface area (Å²) in [5.74, 6) is -2.46. The third-order valence-corrected chi connectivity index (χ3v) is 3.16. The van der Waals surface area contributed by atoms with Gasteiger partial charge < -0.3 is 10.6 Å². The van der Waals surface area contributed by atoms with E-state index in [2.05, 4.69) is 10.6 Å². The second-order valence-electron chi connectivity index (χ2n) is 4.68. The largest absolute Gasteiger partial charge is 0.326 e. The molecule has 0 bridgehead atoms. The van der Waals surface area contributed by atoms with Gasteiger partial charge in [0, 0.05) is 17.4 Å². The van der Waals surface area contributed by atoms with Crippen LogP contribution in [0.15, 0.2) is 36.4 Å². The second-order valence-corrected chi connectivity index (χ2v) is 4.68. The standard InChI is InChI=1S/C15H10F2N2O2/c16-9-1-3-11(12(17)7-9)15(21)18-10-2-4-13-8(5-10)6-14(20)19-13/h1-5,7H,6H2,(H,18,21)(H,19,20). The molecule has 2 amide bonds. The van der Waals surface area contributed by atoms with E-state index in [1.165, 1.54) is 0 Å². The third kappa shape index (κ3) is 2.60. The molecule has 1 aliphatic rings. The quantitative estimate of drug-likeness (QED) is 0.892. The van der Waals surface area contributed by atoms with Crippen molar-refractivity contribution in [2.24, 2.45) is 0 Å². The molecule has 0 aromatic heterocycles. The van der Waals surface area contributed by atoms with Gasteiger partial charge in [0.2, 0.25) is 5.91 Å². The first kappa shape index (κ1) is 13.2. The van der Waals surface area contributed by atoms with Crippen LogP contribution in [-0.2, 0) is 11.2 Å². The summed E-state index contributed by atoms with van der Waals surface area (Å²) in [5.41, 5.74) is 1.66. The third-order valence-electron chi connectivity index (χ3n) is 3.16. The number of amides is 2. The van der Waals surface area contributed by atoms with E-state index in [1.807, 2.05) is 0 Å². The van der Waals surface area contributed by atoms with Gasteiger partial charge in [-0.1, -0.05) is 0 Å². The van der Waals surface area contributed by atoms with Crippen LogP contribution in [-0.4, -0.2) is 11.8 Å². The highest BCUT2D eigenvalue weighted by molar-refractivity contribution is 6.05. The number of rotatable bonds is 2. The molecule has 4 nitrogen and oxygen atoms in total. The van der Waals surface area contributed by atoms with E-state index in [4.69, 9.17) is 0 Å². The molecule has 2 aromatic carbocycles. The van der Waals surface area contributed by atoms with E-state index in [9.17, 15) is 18.4 Å². The van der Waals surface area contributed by atoms with E-state index < -0.39 is 17.5 Å². The monoisotopic (exact) mass is 288 g/mol. The minimum atomic E-state index is -0.925. The Morgan fingerprint density at radius 1 is 1.14 bits per heavy atom. The number of hydrogen-bond acceptors (Lipinski definition) is 2. The highest BCUT2D eigenvalue weighted by atomic mass is 19.1. The zero-order chi connectivity index (χ0) is 15.0. The lowest BCUT2D eigenvalue weighted by Crippen LogP contribution is -2.14. The van der Waals surface area contributed by atoms with Gasteiger partial charge in [0.15, 0.2) is 0 Å². The normalized spacial score (nSPS) is 12.8. The number of carbonyl (C=O) groups is 2. The number of hydrogen-bond donors (Lipinski definition) is 2. The molecule has 1 heterocycles. The number of fused-ring (bicyclic) bond motifs is 1. The van der Waals surface area contributed by atoms with Gasteiger partial charge in [-0.2, -0.15) is 0 Å². The fourth-order valence-corrected chi connectivity index (χ4v) is 2.18. The summed E-state index contributed by atoms with van der Waals surface area (Å²) in [4.78, 5) is 23.2. The Bertz CT molecular complexity index is 759. The highest BCUT2D eigenvalue weighted by Crippen LogP contribution is 2.26. The smallest absolute Gasteiger partial charge is 0.258 e. The van der Waals surface area contributed by atoms with Gasteiger partial charge in [0.05, 0.1) is 12.0 Å². The summed E-state index contributed by atoms with van der Waals surface area (Å²) in [7, 11) is 0. The molecule has 0 fully saturated rings. The van der Waals surface area contributed by atoms with Gasteiger partial charge in [-0.25, -0.2) is 8.78 Å². The first-order valence-corrected chi connectivity index (χ1v) is 6.22. The fraction of sp³-hybridized carbons (Fsp3) is 0.0667. The number of nitrogens with one attached hydrogen (secondary N) is 2. The molecule has 0 radical (unpaired) electrons. The molecule has 0 aliphatic carbocycles. The predicted molar refractivity (Wildman–Crippen MR) is 73.1 cm³/mol. The summed E-state index contributed by atoms with van der Waals surface area (Å²) in [6, 6.07) is 7.66.